The number of rotatable bonds is 6. The maximum absolute atomic E-state index is 12.9. The van der Waals surface area contributed by atoms with Crippen molar-refractivity contribution in [3.63, 3.8) is 0 Å². The zero-order chi connectivity index (χ0) is 22.7. The van der Waals surface area contributed by atoms with Crippen LogP contribution >= 0.6 is 0 Å². The molecule has 4 rings (SSSR count). The molecule has 1 unspecified atom stereocenters. The molecule has 2 aliphatic rings. The van der Waals surface area contributed by atoms with E-state index in [4.69, 9.17) is 4.74 Å². The summed E-state index contributed by atoms with van der Waals surface area (Å²) >= 11 is 0. The van der Waals surface area contributed by atoms with Crippen LogP contribution in [0.4, 0.5) is 5.69 Å². The molecule has 170 valence electrons. The van der Waals surface area contributed by atoms with E-state index >= 15 is 0 Å². The average Bonchev–Trinajstić information content (AvgIpc) is 3.49. The van der Waals surface area contributed by atoms with E-state index in [0.29, 0.717) is 29.4 Å². The summed E-state index contributed by atoms with van der Waals surface area (Å²) in [5, 5.41) is 0. The maximum atomic E-state index is 12.9. The van der Waals surface area contributed by atoms with Gasteiger partial charge >= 0.3 is 0 Å². The van der Waals surface area contributed by atoms with Crippen molar-refractivity contribution in [1.29, 1.82) is 0 Å². The number of benzene rings is 1. The van der Waals surface area contributed by atoms with E-state index in [0.717, 1.165) is 44.5 Å². The number of nitrogens with zero attached hydrogens (tertiary/aromatic N) is 5. The van der Waals surface area contributed by atoms with Gasteiger partial charge in [0.1, 0.15) is 5.75 Å². The normalized spacial score (nSPS) is 18.2. The Morgan fingerprint density at radius 1 is 1.16 bits per heavy atom. The number of aryl methyl sites for hydroxylation is 1. The molecular formula is C24H31N5O3. The second kappa shape index (κ2) is 9.54. The number of amides is 2. The fourth-order valence-electron chi connectivity index (χ4n) is 4.36. The van der Waals surface area contributed by atoms with Gasteiger partial charge in [0.2, 0.25) is 0 Å². The van der Waals surface area contributed by atoms with Crippen molar-refractivity contribution in [3.05, 3.63) is 47.5 Å². The summed E-state index contributed by atoms with van der Waals surface area (Å²) in [6.07, 6.45) is 5.42. The van der Waals surface area contributed by atoms with Crippen LogP contribution in [0.3, 0.4) is 0 Å². The van der Waals surface area contributed by atoms with Crippen molar-refractivity contribution in [2.45, 2.75) is 38.6 Å². The van der Waals surface area contributed by atoms with Crippen LogP contribution in [0.2, 0.25) is 0 Å². The summed E-state index contributed by atoms with van der Waals surface area (Å²) in [4.78, 5) is 40.4. The summed E-state index contributed by atoms with van der Waals surface area (Å²) in [5.41, 5.74) is 2.24. The molecule has 32 heavy (non-hydrogen) atoms. The second-order valence-electron chi connectivity index (χ2n) is 8.65. The van der Waals surface area contributed by atoms with Crippen LogP contribution in [0.5, 0.6) is 5.75 Å². The number of hydrogen-bond acceptors (Lipinski definition) is 6. The zero-order valence-corrected chi connectivity index (χ0v) is 19.1. The highest BCUT2D eigenvalue weighted by Crippen LogP contribution is 2.30. The van der Waals surface area contributed by atoms with Crippen LogP contribution in [-0.2, 0) is 4.79 Å². The van der Waals surface area contributed by atoms with Gasteiger partial charge in [-0.05, 0) is 44.7 Å². The first-order valence-corrected chi connectivity index (χ1v) is 11.3. The number of hydrogen-bond donors (Lipinski definition) is 0. The third kappa shape index (κ3) is 4.69. The first-order chi connectivity index (χ1) is 15.4. The number of carbonyl (C=O) groups excluding carboxylic acids is 2. The molecule has 2 amide bonds. The molecule has 0 radical (unpaired) electrons. The first-order valence-electron chi connectivity index (χ1n) is 11.3. The Morgan fingerprint density at radius 2 is 1.94 bits per heavy atom. The van der Waals surface area contributed by atoms with Crippen molar-refractivity contribution in [2.24, 2.45) is 0 Å². The SMILES string of the molecule is Cc1nc(C2CCCN2C(=O)COc2cccc(N(C)C)c2)ncc1C(=O)N1CCCC1. The fraction of sp³-hybridized carbons (Fsp3) is 0.500. The molecule has 0 bridgehead atoms. The van der Waals surface area contributed by atoms with E-state index in [1.165, 1.54) is 0 Å². The summed E-state index contributed by atoms with van der Waals surface area (Å²) in [6, 6.07) is 7.48. The zero-order valence-electron chi connectivity index (χ0n) is 19.1. The predicted octanol–water partition coefficient (Wildman–Crippen LogP) is 2.83. The minimum absolute atomic E-state index is 0.000686. The second-order valence-corrected chi connectivity index (χ2v) is 8.65. The maximum Gasteiger partial charge on any atom is 0.261 e. The molecule has 0 N–H and O–H groups in total. The van der Waals surface area contributed by atoms with Gasteiger partial charge in [-0.2, -0.15) is 0 Å². The number of likely N-dealkylation sites (tertiary alicyclic amines) is 2. The van der Waals surface area contributed by atoms with Crippen LogP contribution in [0.25, 0.3) is 0 Å². The summed E-state index contributed by atoms with van der Waals surface area (Å²) < 4.78 is 5.78. The van der Waals surface area contributed by atoms with Gasteiger partial charge in [-0.15, -0.1) is 0 Å². The molecule has 1 atom stereocenters. The van der Waals surface area contributed by atoms with Crippen molar-refractivity contribution < 1.29 is 14.3 Å². The van der Waals surface area contributed by atoms with Gasteiger partial charge in [-0.1, -0.05) is 6.07 Å². The molecule has 1 aromatic carbocycles. The Balaban J connectivity index is 1.42. The lowest BCUT2D eigenvalue weighted by Crippen LogP contribution is -2.35. The lowest BCUT2D eigenvalue weighted by atomic mass is 10.1. The predicted molar refractivity (Wildman–Crippen MR) is 122 cm³/mol. The van der Waals surface area contributed by atoms with Crippen molar-refractivity contribution in [2.75, 3.05) is 45.2 Å². The number of ether oxygens (including phenoxy) is 1. The minimum Gasteiger partial charge on any atom is -0.484 e. The van der Waals surface area contributed by atoms with Crippen LogP contribution in [0, 0.1) is 6.92 Å². The third-order valence-electron chi connectivity index (χ3n) is 6.19. The number of carbonyl (C=O) groups is 2. The van der Waals surface area contributed by atoms with Gasteiger partial charge in [0.05, 0.1) is 17.3 Å². The van der Waals surface area contributed by atoms with Crippen LogP contribution in [0.15, 0.2) is 30.5 Å². The van der Waals surface area contributed by atoms with Gasteiger partial charge in [0.15, 0.2) is 12.4 Å². The molecule has 8 nitrogen and oxygen atoms in total. The number of aromatic nitrogens is 2. The molecule has 2 aliphatic heterocycles. The molecule has 2 aromatic rings. The lowest BCUT2D eigenvalue weighted by Gasteiger charge is -2.24. The van der Waals surface area contributed by atoms with E-state index in [1.54, 1.807) is 11.1 Å². The fourth-order valence-corrected chi connectivity index (χ4v) is 4.36. The van der Waals surface area contributed by atoms with Crippen LogP contribution < -0.4 is 9.64 Å². The van der Waals surface area contributed by atoms with Gasteiger partial charge < -0.3 is 19.4 Å². The molecule has 2 fully saturated rings. The Morgan fingerprint density at radius 3 is 2.66 bits per heavy atom. The topological polar surface area (TPSA) is 78.9 Å². The van der Waals surface area contributed by atoms with Gasteiger partial charge in [0, 0.05) is 51.7 Å². The van der Waals surface area contributed by atoms with Crippen molar-refractivity contribution >= 4 is 17.5 Å². The highest BCUT2D eigenvalue weighted by atomic mass is 16.5. The molecule has 3 heterocycles. The number of anilines is 1. The Kier molecular flexibility index (Phi) is 6.58. The Hall–Kier alpha value is -3.16. The van der Waals surface area contributed by atoms with Crippen LogP contribution in [-0.4, -0.2) is 71.9 Å². The first kappa shape index (κ1) is 22.0. The standard InChI is InChI=1S/C24H31N5O3/c1-17-20(24(31)28-11-4-5-12-28)15-25-23(26-17)21-10-7-13-29(21)22(30)16-32-19-9-6-8-18(14-19)27(2)3/h6,8-9,14-15,21H,4-5,7,10-13,16H2,1-3H3. The van der Waals surface area contributed by atoms with Crippen molar-refractivity contribution in [1.82, 2.24) is 19.8 Å². The summed E-state index contributed by atoms with van der Waals surface area (Å²) in [7, 11) is 3.93. The van der Waals surface area contributed by atoms with E-state index in [1.807, 2.05) is 55.1 Å². The molecule has 2 saturated heterocycles. The third-order valence-corrected chi connectivity index (χ3v) is 6.19. The van der Waals surface area contributed by atoms with E-state index in [-0.39, 0.29) is 24.5 Å². The molecule has 0 saturated carbocycles. The molecule has 0 spiro atoms. The highest BCUT2D eigenvalue weighted by Gasteiger charge is 2.33. The molecule has 8 heteroatoms. The minimum atomic E-state index is -0.186. The molecular weight excluding hydrogens is 406 g/mol. The Labute approximate surface area is 189 Å². The average molecular weight is 438 g/mol. The monoisotopic (exact) mass is 437 g/mol. The van der Waals surface area contributed by atoms with E-state index in [9.17, 15) is 9.59 Å². The van der Waals surface area contributed by atoms with E-state index in [2.05, 4.69) is 9.97 Å². The Bertz CT molecular complexity index is 987. The smallest absolute Gasteiger partial charge is 0.261 e. The highest BCUT2D eigenvalue weighted by molar-refractivity contribution is 5.95. The summed E-state index contributed by atoms with van der Waals surface area (Å²) in [5.74, 6) is 1.18. The largest absolute Gasteiger partial charge is 0.484 e. The van der Waals surface area contributed by atoms with E-state index < -0.39 is 0 Å². The van der Waals surface area contributed by atoms with Crippen LogP contribution in [0.1, 0.15) is 53.6 Å². The lowest BCUT2D eigenvalue weighted by molar-refractivity contribution is -0.134. The molecule has 1 aromatic heterocycles. The quantitative estimate of drug-likeness (QED) is 0.692. The van der Waals surface area contributed by atoms with Gasteiger partial charge in [0.25, 0.3) is 11.8 Å². The summed E-state index contributed by atoms with van der Waals surface area (Å²) in [6.45, 7) is 4.06. The molecule has 0 aliphatic carbocycles. The van der Waals surface area contributed by atoms with Gasteiger partial charge in [-0.3, -0.25) is 9.59 Å². The van der Waals surface area contributed by atoms with Gasteiger partial charge in [-0.25, -0.2) is 9.97 Å². The van der Waals surface area contributed by atoms with Crippen molar-refractivity contribution in [3.8, 4) is 5.75 Å².